The molecule has 0 fully saturated rings. The number of hydrogen-bond acceptors (Lipinski definition) is 9. The van der Waals surface area contributed by atoms with Crippen molar-refractivity contribution in [1.82, 2.24) is 0 Å². The Morgan fingerprint density at radius 3 is 1.84 bits per heavy atom. The van der Waals surface area contributed by atoms with E-state index in [2.05, 4.69) is 0 Å². The molecule has 12 heteroatoms. The highest BCUT2D eigenvalue weighted by atomic mass is 32.2. The number of nitrogen functional groups attached to an aromatic ring is 1. The molecule has 1 aliphatic rings. The number of fused-ring (bicyclic) bond motifs is 2. The van der Waals surface area contributed by atoms with E-state index in [4.69, 9.17) is 11.6 Å². The van der Waals surface area contributed by atoms with Gasteiger partial charge in [-0.2, -0.15) is 8.42 Å². The van der Waals surface area contributed by atoms with Gasteiger partial charge in [0.2, 0.25) is 9.84 Å². The Morgan fingerprint density at radius 1 is 0.684 bits per heavy atom. The summed E-state index contributed by atoms with van der Waals surface area (Å²) in [4.78, 5) is 26.0. The fraction of sp³-hybridized carbons (Fsp3) is 0. The van der Waals surface area contributed by atoms with Crippen molar-refractivity contribution in [2.75, 3.05) is 10.7 Å². The lowest BCUT2D eigenvalue weighted by molar-refractivity contribution is 0.0980. The number of rotatable bonds is 5. The Balaban J connectivity index is 1.74. The molecule has 0 bridgehead atoms. The molecular formula is C26H19N3O7S2. The van der Waals surface area contributed by atoms with Gasteiger partial charge >= 0.3 is 0 Å². The minimum absolute atomic E-state index is 0.00895. The van der Waals surface area contributed by atoms with Crippen LogP contribution in [0.5, 0.6) is 0 Å². The Morgan fingerprint density at radius 2 is 1.24 bits per heavy atom. The lowest BCUT2D eigenvalue weighted by Gasteiger charge is -2.28. The molecule has 192 valence electrons. The zero-order valence-electron chi connectivity index (χ0n) is 19.4. The molecule has 0 atom stereocenters. The number of nitrogens with two attached hydrogens (primary N) is 2. The molecule has 0 saturated heterocycles. The molecule has 0 aromatic heterocycles. The van der Waals surface area contributed by atoms with Gasteiger partial charge in [0.05, 0.1) is 38.0 Å². The first-order chi connectivity index (χ1) is 17.9. The van der Waals surface area contributed by atoms with Gasteiger partial charge in [-0.1, -0.05) is 48.5 Å². The maximum Gasteiger partial charge on any atom is 0.296 e. The smallest absolute Gasteiger partial charge is 0.296 e. The number of benzene rings is 4. The van der Waals surface area contributed by atoms with E-state index in [0.717, 1.165) is 11.1 Å². The van der Waals surface area contributed by atoms with E-state index in [0.29, 0.717) is 0 Å². The van der Waals surface area contributed by atoms with Crippen molar-refractivity contribution in [2.24, 2.45) is 5.84 Å². The fourth-order valence-corrected chi connectivity index (χ4v) is 6.31. The topological polar surface area (TPSA) is 178 Å². The summed E-state index contributed by atoms with van der Waals surface area (Å²) in [5.41, 5.74) is 4.53. The number of anilines is 3. The van der Waals surface area contributed by atoms with E-state index in [-0.39, 0.29) is 37.9 Å². The molecule has 5 rings (SSSR count). The molecule has 0 heterocycles. The van der Waals surface area contributed by atoms with Crippen molar-refractivity contribution in [2.45, 2.75) is 14.7 Å². The molecule has 0 saturated carbocycles. The predicted octanol–water partition coefficient (Wildman–Crippen LogP) is 3.14. The maximum absolute atomic E-state index is 13.5. The number of carbonyl (C=O) groups excluding carboxylic acids is 2. The number of ketones is 2. The number of nitrogens with zero attached hydrogens (tertiary/aromatic N) is 1. The first-order valence-electron chi connectivity index (χ1n) is 11.0. The average molecular weight is 550 g/mol. The van der Waals surface area contributed by atoms with E-state index in [9.17, 15) is 31.0 Å². The minimum Gasteiger partial charge on any atom is -0.397 e. The highest BCUT2D eigenvalue weighted by Crippen LogP contribution is 2.41. The third-order valence-corrected chi connectivity index (χ3v) is 8.84. The summed E-state index contributed by atoms with van der Waals surface area (Å²) in [5.74, 6) is 4.96. The van der Waals surface area contributed by atoms with Crippen LogP contribution in [0, 0.1) is 0 Å². The van der Waals surface area contributed by atoms with Gasteiger partial charge in [-0.15, -0.1) is 0 Å². The summed E-state index contributed by atoms with van der Waals surface area (Å²) >= 11 is 0. The van der Waals surface area contributed by atoms with E-state index < -0.39 is 47.7 Å². The highest BCUT2D eigenvalue weighted by molar-refractivity contribution is 7.91. The van der Waals surface area contributed by atoms with Crippen LogP contribution in [0.25, 0.3) is 0 Å². The van der Waals surface area contributed by atoms with Crippen molar-refractivity contribution in [3.05, 3.63) is 107 Å². The van der Waals surface area contributed by atoms with E-state index in [1.165, 1.54) is 54.6 Å². The van der Waals surface area contributed by atoms with Crippen LogP contribution in [0.1, 0.15) is 31.8 Å². The highest BCUT2D eigenvalue weighted by Gasteiger charge is 2.37. The normalized spacial score (nSPS) is 13.1. The number of hydrazine groups is 1. The van der Waals surface area contributed by atoms with Crippen molar-refractivity contribution in [3.63, 3.8) is 0 Å². The molecule has 1 aliphatic carbocycles. The zero-order chi connectivity index (χ0) is 27.4. The van der Waals surface area contributed by atoms with E-state index in [1.54, 1.807) is 24.3 Å². The van der Waals surface area contributed by atoms with Crippen molar-refractivity contribution in [3.8, 4) is 0 Å². The number of sulfone groups is 1. The quantitative estimate of drug-likeness (QED) is 0.128. The van der Waals surface area contributed by atoms with Gasteiger partial charge in [0.25, 0.3) is 10.1 Å². The Bertz CT molecular complexity index is 1870. The van der Waals surface area contributed by atoms with Crippen LogP contribution >= 0.6 is 0 Å². The van der Waals surface area contributed by atoms with Crippen LogP contribution in [0.15, 0.2) is 99.6 Å². The first kappa shape index (κ1) is 25.3. The SMILES string of the molecule is Nc1c(S(=O)(=O)O)cc(N(N)c2cccc(S(=O)(=O)c3ccccc3)c2)c2c1C(=O)c1ccccc1C2=O. The molecular weight excluding hydrogens is 530 g/mol. The molecule has 0 radical (unpaired) electrons. The van der Waals surface area contributed by atoms with Crippen LogP contribution in [0.2, 0.25) is 0 Å². The summed E-state index contributed by atoms with van der Waals surface area (Å²) in [5, 5.41) is 0.871. The van der Waals surface area contributed by atoms with Crippen LogP contribution in [0.3, 0.4) is 0 Å². The molecule has 38 heavy (non-hydrogen) atoms. The second kappa shape index (κ2) is 8.89. The number of carbonyl (C=O) groups is 2. The van der Waals surface area contributed by atoms with E-state index >= 15 is 0 Å². The first-order valence-corrected chi connectivity index (χ1v) is 13.9. The van der Waals surface area contributed by atoms with Crippen LogP contribution in [-0.4, -0.2) is 33.0 Å². The molecule has 5 N–H and O–H groups in total. The third-order valence-electron chi connectivity index (χ3n) is 6.18. The average Bonchev–Trinajstić information content (AvgIpc) is 2.91. The Hall–Kier alpha value is -4.36. The van der Waals surface area contributed by atoms with Crippen molar-refractivity contribution >= 4 is 48.6 Å². The van der Waals surface area contributed by atoms with Gasteiger partial charge in [0.1, 0.15) is 4.90 Å². The van der Waals surface area contributed by atoms with Crippen LogP contribution < -0.4 is 16.6 Å². The predicted molar refractivity (Wildman–Crippen MR) is 139 cm³/mol. The standard InChI is InChI=1S/C26H19N3O7S2/c27-24-21(38(34,35)36)14-20(22-23(24)26(31)19-12-5-4-11-18(19)25(22)30)29(28)15-7-6-10-17(13-15)37(32,33)16-8-2-1-3-9-16/h1-14H,27-28H2,(H,34,35,36). The molecule has 10 nitrogen and oxygen atoms in total. The summed E-state index contributed by atoms with van der Waals surface area (Å²) < 4.78 is 60.5. The second-order valence-electron chi connectivity index (χ2n) is 8.42. The minimum atomic E-state index is -4.96. The molecule has 0 aliphatic heterocycles. The lowest BCUT2D eigenvalue weighted by atomic mass is 9.82. The molecule has 0 amide bonds. The third kappa shape index (κ3) is 3.96. The van der Waals surface area contributed by atoms with Gasteiger partial charge < -0.3 is 5.73 Å². The van der Waals surface area contributed by atoms with Gasteiger partial charge in [-0.05, 0) is 36.4 Å². The summed E-state index contributed by atoms with van der Waals surface area (Å²) in [6.45, 7) is 0. The van der Waals surface area contributed by atoms with E-state index in [1.807, 2.05) is 0 Å². The van der Waals surface area contributed by atoms with Gasteiger partial charge in [-0.3, -0.25) is 19.2 Å². The van der Waals surface area contributed by atoms with Gasteiger partial charge in [0.15, 0.2) is 11.6 Å². The molecule has 4 aromatic rings. The van der Waals surface area contributed by atoms with Gasteiger partial charge in [-0.25, -0.2) is 14.3 Å². The van der Waals surface area contributed by atoms with Crippen LogP contribution in [-0.2, 0) is 20.0 Å². The zero-order valence-corrected chi connectivity index (χ0v) is 21.0. The van der Waals surface area contributed by atoms with Crippen molar-refractivity contribution < 1.29 is 31.0 Å². The molecule has 0 unspecified atom stereocenters. The van der Waals surface area contributed by atoms with Crippen LogP contribution in [0.4, 0.5) is 17.1 Å². The maximum atomic E-state index is 13.5. The molecule has 4 aromatic carbocycles. The largest absolute Gasteiger partial charge is 0.397 e. The summed E-state index contributed by atoms with van der Waals surface area (Å²) in [6, 6.07) is 19.9. The fourth-order valence-electron chi connectivity index (χ4n) is 4.35. The van der Waals surface area contributed by atoms with Crippen molar-refractivity contribution in [1.29, 1.82) is 0 Å². The lowest BCUT2D eigenvalue weighted by Crippen LogP contribution is -2.31. The number of hydrogen-bond donors (Lipinski definition) is 3. The second-order valence-corrected chi connectivity index (χ2v) is 11.8. The monoisotopic (exact) mass is 549 g/mol. The Labute approximate surface area is 217 Å². The Kier molecular flexibility index (Phi) is 5.92. The summed E-state index contributed by atoms with van der Waals surface area (Å²) in [7, 11) is -8.91. The van der Waals surface area contributed by atoms with Gasteiger partial charge in [0, 0.05) is 11.1 Å². The summed E-state index contributed by atoms with van der Waals surface area (Å²) in [6.07, 6.45) is 0. The molecule has 0 spiro atoms.